The Hall–Kier alpha value is -1.72. The van der Waals surface area contributed by atoms with E-state index in [1.165, 1.54) is 0 Å². The molecule has 3 rings (SSSR count). The summed E-state index contributed by atoms with van der Waals surface area (Å²) in [5.74, 6) is 0.941. The van der Waals surface area contributed by atoms with Crippen LogP contribution in [-0.4, -0.2) is 19.6 Å². The molecule has 0 amide bonds. The number of benzene rings is 1. The van der Waals surface area contributed by atoms with Crippen molar-refractivity contribution in [3.63, 3.8) is 0 Å². The lowest BCUT2D eigenvalue weighted by Gasteiger charge is -2.11. The number of para-hydroxylation sites is 2. The topological polar surface area (TPSA) is 50.9 Å². The van der Waals surface area contributed by atoms with E-state index >= 15 is 0 Å². The zero-order valence-corrected chi connectivity index (χ0v) is 13.1. The molecular weight excluding hydrogens is 282 g/mol. The van der Waals surface area contributed by atoms with Gasteiger partial charge in [0.25, 0.3) is 0 Å². The first kappa shape index (κ1) is 14.2. The Morgan fingerprint density at radius 1 is 1.33 bits per heavy atom. The molecule has 2 aromatic heterocycles. The maximum atomic E-state index is 10.4. The third-order valence-corrected chi connectivity index (χ3v) is 4.54. The summed E-state index contributed by atoms with van der Waals surface area (Å²) in [7, 11) is 0. The second kappa shape index (κ2) is 5.95. The van der Waals surface area contributed by atoms with Crippen LogP contribution in [0.1, 0.15) is 35.2 Å². The molecule has 1 N–H and O–H groups in total. The summed E-state index contributed by atoms with van der Waals surface area (Å²) in [6.07, 6.45) is 2.79. The number of aliphatic hydroxyl groups is 1. The number of hydrogen-bond acceptors (Lipinski definition) is 4. The van der Waals surface area contributed by atoms with Crippen molar-refractivity contribution in [3.05, 3.63) is 46.2 Å². The smallest absolute Gasteiger partial charge is 0.112 e. The molecule has 1 unspecified atom stereocenters. The van der Waals surface area contributed by atoms with Crippen LogP contribution in [0.5, 0.6) is 0 Å². The van der Waals surface area contributed by atoms with Crippen LogP contribution in [0.15, 0.2) is 30.5 Å². The fourth-order valence-electron chi connectivity index (χ4n) is 2.56. The largest absolute Gasteiger partial charge is 0.387 e. The standard InChI is InChI=1S/C16H19N3OS/c1-3-8-19-13-7-5-4-6-12(13)18-16(19)9-14(20)15-10-17-11(2)21-15/h4-7,10,14,20H,3,8-9H2,1-2H3. The van der Waals surface area contributed by atoms with E-state index < -0.39 is 6.10 Å². The third-order valence-electron chi connectivity index (χ3n) is 3.52. The predicted octanol–water partition coefficient (Wildman–Crippen LogP) is 3.49. The molecule has 0 radical (unpaired) electrons. The van der Waals surface area contributed by atoms with Gasteiger partial charge in [-0.2, -0.15) is 0 Å². The first-order valence-electron chi connectivity index (χ1n) is 7.23. The van der Waals surface area contributed by atoms with Crippen molar-refractivity contribution in [1.82, 2.24) is 14.5 Å². The summed E-state index contributed by atoms with van der Waals surface area (Å²) in [5, 5.41) is 11.4. The molecule has 1 aromatic carbocycles. The fraction of sp³-hybridized carbons (Fsp3) is 0.375. The highest BCUT2D eigenvalue weighted by Crippen LogP contribution is 2.25. The molecule has 3 aromatic rings. The monoisotopic (exact) mass is 301 g/mol. The Morgan fingerprint density at radius 2 is 2.14 bits per heavy atom. The van der Waals surface area contributed by atoms with Crippen LogP contribution >= 0.6 is 11.3 Å². The molecule has 0 saturated heterocycles. The van der Waals surface area contributed by atoms with E-state index in [1.807, 2.05) is 25.1 Å². The third kappa shape index (κ3) is 2.84. The first-order chi connectivity index (χ1) is 10.2. The first-order valence-corrected chi connectivity index (χ1v) is 8.05. The average Bonchev–Trinajstić information content (AvgIpc) is 3.04. The van der Waals surface area contributed by atoms with Crippen molar-refractivity contribution in [3.8, 4) is 0 Å². The van der Waals surface area contributed by atoms with Gasteiger partial charge in [-0.1, -0.05) is 19.1 Å². The Labute approximate surface area is 128 Å². The van der Waals surface area contributed by atoms with E-state index in [4.69, 9.17) is 4.98 Å². The quantitative estimate of drug-likeness (QED) is 0.785. The number of imidazole rings is 1. The molecule has 0 aliphatic rings. The summed E-state index contributed by atoms with van der Waals surface area (Å²) < 4.78 is 2.21. The summed E-state index contributed by atoms with van der Waals surface area (Å²) >= 11 is 1.54. The SMILES string of the molecule is CCCn1c(CC(O)c2cnc(C)s2)nc2ccccc21. The Bertz CT molecular complexity index is 747. The molecule has 2 heterocycles. The van der Waals surface area contributed by atoms with Crippen LogP contribution < -0.4 is 0 Å². The number of fused-ring (bicyclic) bond motifs is 1. The van der Waals surface area contributed by atoms with E-state index in [2.05, 4.69) is 22.5 Å². The minimum absolute atomic E-state index is 0.524. The number of aliphatic hydroxyl groups excluding tert-OH is 1. The lowest BCUT2D eigenvalue weighted by atomic mass is 10.2. The van der Waals surface area contributed by atoms with Crippen LogP contribution in [0.2, 0.25) is 0 Å². The molecular formula is C16H19N3OS. The molecule has 0 aliphatic carbocycles. The summed E-state index contributed by atoms with van der Waals surface area (Å²) in [6, 6.07) is 8.14. The van der Waals surface area contributed by atoms with Crippen molar-refractivity contribution in [2.24, 2.45) is 0 Å². The van der Waals surface area contributed by atoms with Gasteiger partial charge in [-0.15, -0.1) is 11.3 Å². The molecule has 4 nitrogen and oxygen atoms in total. The van der Waals surface area contributed by atoms with Crippen molar-refractivity contribution >= 4 is 22.4 Å². The Kier molecular flexibility index (Phi) is 4.03. The van der Waals surface area contributed by atoms with Gasteiger partial charge in [-0.3, -0.25) is 0 Å². The van der Waals surface area contributed by atoms with Crippen molar-refractivity contribution in [2.75, 3.05) is 0 Å². The summed E-state index contributed by atoms with van der Waals surface area (Å²) in [6.45, 7) is 5.03. The highest BCUT2D eigenvalue weighted by molar-refractivity contribution is 7.11. The number of nitrogens with zero attached hydrogens (tertiary/aromatic N) is 3. The maximum absolute atomic E-state index is 10.4. The number of thiazole rings is 1. The second-order valence-electron chi connectivity index (χ2n) is 5.17. The van der Waals surface area contributed by atoms with Crippen LogP contribution in [0, 0.1) is 6.92 Å². The average molecular weight is 301 g/mol. The van der Waals surface area contributed by atoms with E-state index in [0.717, 1.165) is 39.7 Å². The van der Waals surface area contributed by atoms with E-state index in [-0.39, 0.29) is 0 Å². The summed E-state index contributed by atoms with van der Waals surface area (Å²) in [4.78, 5) is 9.81. The number of hydrogen-bond donors (Lipinski definition) is 1. The highest BCUT2D eigenvalue weighted by Gasteiger charge is 2.17. The van der Waals surface area contributed by atoms with Gasteiger partial charge in [0.2, 0.25) is 0 Å². The van der Waals surface area contributed by atoms with E-state index in [1.54, 1.807) is 17.5 Å². The lowest BCUT2D eigenvalue weighted by Crippen LogP contribution is -2.08. The lowest BCUT2D eigenvalue weighted by molar-refractivity contribution is 0.178. The molecule has 0 fully saturated rings. The van der Waals surface area contributed by atoms with Gasteiger partial charge in [-0.05, 0) is 25.5 Å². The highest BCUT2D eigenvalue weighted by atomic mass is 32.1. The molecule has 5 heteroatoms. The van der Waals surface area contributed by atoms with Gasteiger partial charge in [-0.25, -0.2) is 9.97 Å². The fourth-order valence-corrected chi connectivity index (χ4v) is 3.33. The molecule has 0 spiro atoms. The zero-order valence-electron chi connectivity index (χ0n) is 12.3. The van der Waals surface area contributed by atoms with E-state index in [0.29, 0.717) is 6.42 Å². The van der Waals surface area contributed by atoms with Gasteiger partial charge < -0.3 is 9.67 Å². The number of aryl methyl sites for hydroxylation is 2. The Balaban J connectivity index is 1.94. The Morgan fingerprint density at radius 3 is 2.86 bits per heavy atom. The van der Waals surface area contributed by atoms with Gasteiger partial charge in [0, 0.05) is 19.2 Å². The molecule has 0 bridgehead atoms. The predicted molar refractivity (Wildman–Crippen MR) is 85.5 cm³/mol. The van der Waals surface area contributed by atoms with Gasteiger partial charge in [0.1, 0.15) is 5.82 Å². The van der Waals surface area contributed by atoms with Crippen LogP contribution in [0.25, 0.3) is 11.0 Å². The molecule has 0 aliphatic heterocycles. The molecule has 0 saturated carbocycles. The molecule has 21 heavy (non-hydrogen) atoms. The minimum atomic E-state index is -0.538. The second-order valence-corrected chi connectivity index (χ2v) is 6.44. The number of rotatable bonds is 5. The van der Waals surface area contributed by atoms with Crippen LogP contribution in [-0.2, 0) is 13.0 Å². The number of aromatic nitrogens is 3. The summed E-state index contributed by atoms with van der Waals surface area (Å²) in [5.41, 5.74) is 2.13. The molecule has 1 atom stereocenters. The minimum Gasteiger partial charge on any atom is -0.387 e. The van der Waals surface area contributed by atoms with Gasteiger partial charge in [0.15, 0.2) is 0 Å². The van der Waals surface area contributed by atoms with Crippen LogP contribution in [0.3, 0.4) is 0 Å². The normalized spacial score (nSPS) is 12.9. The van der Waals surface area contributed by atoms with Crippen LogP contribution in [0.4, 0.5) is 0 Å². The van der Waals surface area contributed by atoms with E-state index in [9.17, 15) is 5.11 Å². The van der Waals surface area contributed by atoms with Crippen molar-refractivity contribution < 1.29 is 5.11 Å². The molecule has 110 valence electrons. The van der Waals surface area contributed by atoms with Gasteiger partial charge >= 0.3 is 0 Å². The van der Waals surface area contributed by atoms with Crippen molar-refractivity contribution in [2.45, 2.75) is 39.3 Å². The van der Waals surface area contributed by atoms with Crippen molar-refractivity contribution in [1.29, 1.82) is 0 Å². The maximum Gasteiger partial charge on any atom is 0.112 e. The van der Waals surface area contributed by atoms with Gasteiger partial charge in [0.05, 0.1) is 27.0 Å². The zero-order chi connectivity index (χ0) is 14.8.